The lowest BCUT2D eigenvalue weighted by atomic mass is 9.96. The van der Waals surface area contributed by atoms with Crippen LogP contribution in [0.5, 0.6) is 0 Å². The van der Waals surface area contributed by atoms with Gasteiger partial charge in [-0.15, -0.1) is 0 Å². The number of nitrogens with one attached hydrogen (secondary N) is 1. The number of nitrogens with zero attached hydrogens (tertiary/aromatic N) is 2. The molecule has 0 saturated carbocycles. The number of likely N-dealkylation sites (tertiary alicyclic amines) is 1. The fourth-order valence-corrected chi connectivity index (χ4v) is 3.14. The molecule has 1 fully saturated rings. The van der Waals surface area contributed by atoms with E-state index in [4.69, 9.17) is 9.15 Å². The summed E-state index contributed by atoms with van der Waals surface area (Å²) in [5, 5.41) is 2.98. The van der Waals surface area contributed by atoms with E-state index in [1.807, 2.05) is 36.9 Å². The third-order valence-electron chi connectivity index (χ3n) is 4.82. The maximum atomic E-state index is 12.6. The largest absolute Gasteiger partial charge is 0.444 e. The van der Waals surface area contributed by atoms with Gasteiger partial charge in [0.2, 0.25) is 5.89 Å². The van der Waals surface area contributed by atoms with Crippen LogP contribution in [0.4, 0.5) is 10.5 Å². The molecule has 0 spiro atoms. The smallest absolute Gasteiger partial charge is 0.321 e. The normalized spacial score (nSPS) is 20.6. The molecular weight excluding hydrogens is 318 g/mol. The predicted molar refractivity (Wildman–Crippen MR) is 96.6 cm³/mol. The molecule has 6 heteroatoms. The molecule has 1 saturated heterocycles. The molecule has 0 aliphatic carbocycles. The van der Waals surface area contributed by atoms with Gasteiger partial charge >= 0.3 is 6.03 Å². The minimum absolute atomic E-state index is 0.0865. The van der Waals surface area contributed by atoms with Gasteiger partial charge in [-0.2, -0.15) is 0 Å². The number of benzene rings is 1. The highest BCUT2D eigenvalue weighted by Gasteiger charge is 2.28. The summed E-state index contributed by atoms with van der Waals surface area (Å²) in [7, 11) is 1.70. The Morgan fingerprint density at radius 1 is 1.40 bits per heavy atom. The highest BCUT2D eigenvalue weighted by molar-refractivity contribution is 5.90. The number of methoxy groups -OCH3 is 1. The number of hydrogen-bond donors (Lipinski definition) is 1. The van der Waals surface area contributed by atoms with Crippen LogP contribution in [-0.4, -0.2) is 42.2 Å². The molecule has 25 heavy (non-hydrogen) atoms. The van der Waals surface area contributed by atoms with Gasteiger partial charge in [-0.25, -0.2) is 9.78 Å². The van der Waals surface area contributed by atoms with Crippen molar-refractivity contribution in [3.63, 3.8) is 0 Å². The molecule has 2 heterocycles. The van der Waals surface area contributed by atoms with Crippen molar-refractivity contribution in [2.75, 3.05) is 25.5 Å². The highest BCUT2D eigenvalue weighted by Crippen LogP contribution is 2.27. The first-order chi connectivity index (χ1) is 12.0. The van der Waals surface area contributed by atoms with Crippen LogP contribution < -0.4 is 5.32 Å². The predicted octanol–water partition coefficient (Wildman–Crippen LogP) is 3.85. The molecule has 1 aliphatic heterocycles. The van der Waals surface area contributed by atoms with E-state index < -0.39 is 0 Å². The Morgan fingerprint density at radius 2 is 2.20 bits per heavy atom. The molecule has 2 aromatic rings. The third-order valence-corrected chi connectivity index (χ3v) is 4.82. The van der Waals surface area contributed by atoms with Crippen molar-refractivity contribution >= 4 is 11.7 Å². The quantitative estimate of drug-likeness (QED) is 0.919. The summed E-state index contributed by atoms with van der Waals surface area (Å²) in [6.45, 7) is 7.40. The van der Waals surface area contributed by atoms with E-state index in [2.05, 4.69) is 17.2 Å². The number of oxazole rings is 1. The molecule has 6 nitrogen and oxygen atoms in total. The molecule has 0 bridgehead atoms. The van der Waals surface area contributed by atoms with E-state index in [0.717, 1.165) is 35.5 Å². The fourth-order valence-electron chi connectivity index (χ4n) is 3.14. The second kappa shape index (κ2) is 7.27. The first kappa shape index (κ1) is 17.5. The molecule has 0 unspecified atom stereocenters. The molecule has 1 N–H and O–H groups in total. The van der Waals surface area contributed by atoms with Gasteiger partial charge < -0.3 is 19.4 Å². The summed E-state index contributed by atoms with van der Waals surface area (Å²) in [6.07, 6.45) is 2.66. The van der Waals surface area contributed by atoms with Crippen molar-refractivity contribution < 1.29 is 13.9 Å². The zero-order chi connectivity index (χ0) is 18.0. The van der Waals surface area contributed by atoms with Crippen molar-refractivity contribution in [1.82, 2.24) is 9.88 Å². The van der Waals surface area contributed by atoms with Crippen molar-refractivity contribution in [2.24, 2.45) is 5.92 Å². The zero-order valence-corrected chi connectivity index (χ0v) is 15.2. The van der Waals surface area contributed by atoms with E-state index in [-0.39, 0.29) is 12.1 Å². The Bertz CT molecular complexity index is 756. The van der Waals surface area contributed by atoms with Crippen LogP contribution in [-0.2, 0) is 4.74 Å². The van der Waals surface area contributed by atoms with Crippen LogP contribution in [0, 0.1) is 19.8 Å². The Morgan fingerprint density at radius 3 is 2.88 bits per heavy atom. The van der Waals surface area contributed by atoms with Crippen LogP contribution >= 0.6 is 0 Å². The Balaban J connectivity index is 1.73. The summed E-state index contributed by atoms with van der Waals surface area (Å²) in [4.78, 5) is 18.8. The molecule has 3 rings (SSSR count). The summed E-state index contributed by atoms with van der Waals surface area (Å²) in [5.41, 5.74) is 3.49. The Kier molecular flexibility index (Phi) is 5.08. The molecule has 0 radical (unpaired) electrons. The number of piperidine rings is 1. The number of aryl methyl sites for hydroxylation is 2. The topological polar surface area (TPSA) is 67.6 Å². The second-order valence-electron chi connectivity index (χ2n) is 6.74. The number of ether oxygens (including phenoxy) is 1. The number of hydrogen-bond acceptors (Lipinski definition) is 4. The summed E-state index contributed by atoms with van der Waals surface area (Å²) >= 11 is 0. The van der Waals surface area contributed by atoms with Crippen LogP contribution in [0.2, 0.25) is 0 Å². The molecule has 1 aromatic heterocycles. The van der Waals surface area contributed by atoms with Gasteiger partial charge in [0.25, 0.3) is 0 Å². The minimum atomic E-state index is -0.104. The highest BCUT2D eigenvalue weighted by atomic mass is 16.5. The number of amides is 2. The van der Waals surface area contributed by atoms with Gasteiger partial charge in [0, 0.05) is 31.5 Å². The number of anilines is 1. The van der Waals surface area contributed by atoms with E-state index in [0.29, 0.717) is 18.4 Å². The van der Waals surface area contributed by atoms with Crippen LogP contribution in [0.15, 0.2) is 28.9 Å². The summed E-state index contributed by atoms with van der Waals surface area (Å²) in [5.74, 6) is 1.03. The van der Waals surface area contributed by atoms with E-state index >= 15 is 0 Å². The lowest BCUT2D eigenvalue weighted by Gasteiger charge is -2.36. The average Bonchev–Trinajstić information content (AvgIpc) is 3.03. The lowest BCUT2D eigenvalue weighted by Crippen LogP contribution is -2.48. The maximum absolute atomic E-state index is 12.6. The van der Waals surface area contributed by atoms with Gasteiger partial charge in [-0.1, -0.05) is 13.0 Å². The molecule has 1 aromatic carbocycles. The molecule has 2 amide bonds. The second-order valence-corrected chi connectivity index (χ2v) is 6.74. The van der Waals surface area contributed by atoms with Crippen LogP contribution in [0.3, 0.4) is 0 Å². The van der Waals surface area contributed by atoms with Gasteiger partial charge in [0.05, 0.1) is 11.8 Å². The van der Waals surface area contributed by atoms with Crippen molar-refractivity contribution in [3.8, 4) is 11.5 Å². The number of rotatable bonds is 3. The monoisotopic (exact) mass is 343 g/mol. The molecule has 2 atom stereocenters. The SMILES string of the molecule is CO[C@@H]1CN(C(=O)Nc2ccc(C)c(-c3nc(C)co3)c2)CC[C@H]1C. The zero-order valence-electron chi connectivity index (χ0n) is 15.2. The first-order valence-corrected chi connectivity index (χ1v) is 8.60. The van der Waals surface area contributed by atoms with Crippen molar-refractivity contribution in [1.29, 1.82) is 0 Å². The summed E-state index contributed by atoms with van der Waals surface area (Å²) in [6, 6.07) is 5.65. The molecule has 1 aliphatic rings. The average molecular weight is 343 g/mol. The number of aromatic nitrogens is 1. The number of carbonyl (C=O) groups is 1. The van der Waals surface area contributed by atoms with Crippen molar-refractivity contribution in [2.45, 2.75) is 33.3 Å². The van der Waals surface area contributed by atoms with Crippen LogP contribution in [0.1, 0.15) is 24.6 Å². The number of urea groups is 1. The Hall–Kier alpha value is -2.34. The van der Waals surface area contributed by atoms with Crippen LogP contribution in [0.25, 0.3) is 11.5 Å². The third kappa shape index (κ3) is 3.85. The number of carbonyl (C=O) groups excluding carboxylic acids is 1. The van der Waals surface area contributed by atoms with Gasteiger partial charge in [0.1, 0.15) is 6.26 Å². The standard InChI is InChI=1S/C19H25N3O3/c1-12-5-6-15(9-16(12)18-20-14(3)11-25-18)21-19(23)22-8-7-13(2)17(10-22)24-4/h5-6,9,11,13,17H,7-8,10H2,1-4H3,(H,21,23)/t13-,17-/m1/s1. The van der Waals surface area contributed by atoms with Gasteiger partial charge in [-0.05, 0) is 43.9 Å². The van der Waals surface area contributed by atoms with E-state index in [9.17, 15) is 4.79 Å². The summed E-state index contributed by atoms with van der Waals surface area (Å²) < 4.78 is 11.0. The minimum Gasteiger partial charge on any atom is -0.444 e. The van der Waals surface area contributed by atoms with Gasteiger partial charge in [0.15, 0.2) is 0 Å². The first-order valence-electron chi connectivity index (χ1n) is 8.60. The van der Waals surface area contributed by atoms with E-state index in [1.165, 1.54) is 0 Å². The lowest BCUT2D eigenvalue weighted by molar-refractivity contribution is 0.00896. The fraction of sp³-hybridized carbons (Fsp3) is 0.474. The molecule has 134 valence electrons. The Labute approximate surface area is 148 Å². The van der Waals surface area contributed by atoms with E-state index in [1.54, 1.807) is 13.4 Å². The van der Waals surface area contributed by atoms with Crippen molar-refractivity contribution in [3.05, 3.63) is 35.7 Å². The maximum Gasteiger partial charge on any atom is 0.321 e. The molecular formula is C19H25N3O3. The van der Waals surface area contributed by atoms with Gasteiger partial charge in [-0.3, -0.25) is 0 Å².